The van der Waals surface area contributed by atoms with Crippen molar-refractivity contribution in [3.63, 3.8) is 0 Å². The quantitative estimate of drug-likeness (QED) is 0.853. The van der Waals surface area contributed by atoms with Gasteiger partial charge in [-0.1, -0.05) is 36.4 Å². The molecule has 1 heterocycles. The molecule has 0 radical (unpaired) electrons. The smallest absolute Gasteiger partial charge is 0.242 e. The summed E-state index contributed by atoms with van der Waals surface area (Å²) in [5.74, 6) is -0.183. The van der Waals surface area contributed by atoms with Crippen molar-refractivity contribution < 1.29 is 9.59 Å². The maximum atomic E-state index is 12.2. The Bertz CT molecular complexity index is 596. The molecule has 0 fully saturated rings. The molecule has 0 unspecified atom stereocenters. The SMILES string of the molecule is CCN(Cc1ccccc1)C(=O)CNC(=O)Cc1cccs1. The van der Waals surface area contributed by atoms with Gasteiger partial charge in [-0.25, -0.2) is 0 Å². The van der Waals surface area contributed by atoms with E-state index in [9.17, 15) is 9.59 Å². The molecule has 0 spiro atoms. The van der Waals surface area contributed by atoms with Crippen molar-refractivity contribution in [3.05, 3.63) is 58.3 Å². The number of hydrogen-bond donors (Lipinski definition) is 1. The first-order chi connectivity index (χ1) is 10.7. The lowest BCUT2D eigenvalue weighted by Crippen LogP contribution is -2.40. The minimum Gasteiger partial charge on any atom is -0.347 e. The number of carbonyl (C=O) groups excluding carboxylic acids is 2. The number of nitrogens with zero attached hydrogens (tertiary/aromatic N) is 1. The molecule has 0 aliphatic rings. The molecular weight excluding hydrogens is 296 g/mol. The van der Waals surface area contributed by atoms with Crippen LogP contribution in [0.2, 0.25) is 0 Å². The molecule has 2 aromatic rings. The Kier molecular flexibility index (Phi) is 6.15. The molecule has 1 aromatic carbocycles. The van der Waals surface area contributed by atoms with Gasteiger partial charge in [-0.05, 0) is 23.9 Å². The number of carbonyl (C=O) groups is 2. The van der Waals surface area contributed by atoms with Crippen molar-refractivity contribution in [2.75, 3.05) is 13.1 Å². The second kappa shape index (κ2) is 8.34. The number of nitrogens with one attached hydrogen (secondary N) is 1. The van der Waals surface area contributed by atoms with E-state index in [4.69, 9.17) is 0 Å². The predicted octanol–water partition coefficient (Wildman–Crippen LogP) is 2.46. The Hall–Kier alpha value is -2.14. The zero-order valence-electron chi connectivity index (χ0n) is 12.6. The second-order valence-electron chi connectivity index (χ2n) is 4.93. The lowest BCUT2D eigenvalue weighted by molar-refractivity contribution is -0.133. The summed E-state index contributed by atoms with van der Waals surface area (Å²) in [6, 6.07) is 13.7. The molecule has 1 aromatic heterocycles. The van der Waals surface area contributed by atoms with E-state index in [1.807, 2.05) is 54.8 Å². The summed E-state index contributed by atoms with van der Waals surface area (Å²) in [6.45, 7) is 3.17. The molecule has 0 aliphatic carbocycles. The molecule has 2 rings (SSSR count). The Morgan fingerprint density at radius 3 is 2.55 bits per heavy atom. The fourth-order valence-corrected chi connectivity index (χ4v) is 2.80. The third kappa shape index (κ3) is 5.00. The minimum absolute atomic E-state index is 0.0465. The topological polar surface area (TPSA) is 49.4 Å². The summed E-state index contributed by atoms with van der Waals surface area (Å²) in [7, 11) is 0. The molecular formula is C17H20N2O2S. The van der Waals surface area contributed by atoms with E-state index in [1.54, 1.807) is 16.2 Å². The van der Waals surface area contributed by atoms with Gasteiger partial charge in [0.25, 0.3) is 0 Å². The predicted molar refractivity (Wildman–Crippen MR) is 88.6 cm³/mol. The van der Waals surface area contributed by atoms with Crippen LogP contribution in [-0.2, 0) is 22.6 Å². The van der Waals surface area contributed by atoms with Gasteiger partial charge in [0.1, 0.15) is 0 Å². The van der Waals surface area contributed by atoms with Crippen molar-refractivity contribution in [2.24, 2.45) is 0 Å². The van der Waals surface area contributed by atoms with E-state index in [0.29, 0.717) is 19.5 Å². The van der Waals surface area contributed by atoms with Crippen molar-refractivity contribution in [1.29, 1.82) is 0 Å². The number of hydrogen-bond acceptors (Lipinski definition) is 3. The third-order valence-corrected chi connectivity index (χ3v) is 4.18. The lowest BCUT2D eigenvalue weighted by Gasteiger charge is -2.21. The fraction of sp³-hybridized carbons (Fsp3) is 0.294. The van der Waals surface area contributed by atoms with Crippen LogP contribution >= 0.6 is 11.3 Å². The molecule has 0 atom stereocenters. The molecule has 2 amide bonds. The van der Waals surface area contributed by atoms with E-state index in [1.165, 1.54) is 0 Å². The largest absolute Gasteiger partial charge is 0.347 e. The van der Waals surface area contributed by atoms with Crippen LogP contribution in [0.25, 0.3) is 0 Å². The monoisotopic (exact) mass is 316 g/mol. The average molecular weight is 316 g/mol. The lowest BCUT2D eigenvalue weighted by atomic mass is 10.2. The highest BCUT2D eigenvalue weighted by Crippen LogP contribution is 2.09. The maximum absolute atomic E-state index is 12.2. The van der Waals surface area contributed by atoms with Gasteiger partial charge >= 0.3 is 0 Å². The van der Waals surface area contributed by atoms with Gasteiger partial charge in [0.15, 0.2) is 0 Å². The highest BCUT2D eigenvalue weighted by molar-refractivity contribution is 7.10. The summed E-state index contributed by atoms with van der Waals surface area (Å²) < 4.78 is 0. The first-order valence-corrected chi connectivity index (χ1v) is 8.17. The van der Waals surface area contributed by atoms with Gasteiger partial charge in [-0.2, -0.15) is 0 Å². The molecule has 5 heteroatoms. The second-order valence-corrected chi connectivity index (χ2v) is 5.96. The Labute approximate surface area is 134 Å². The molecule has 0 aliphatic heterocycles. The Balaban J connectivity index is 1.80. The fourth-order valence-electron chi connectivity index (χ4n) is 2.10. The molecule has 0 bridgehead atoms. The highest BCUT2D eigenvalue weighted by Gasteiger charge is 2.13. The molecule has 4 nitrogen and oxygen atoms in total. The highest BCUT2D eigenvalue weighted by atomic mass is 32.1. The number of benzene rings is 1. The van der Waals surface area contributed by atoms with Gasteiger partial charge in [-0.15, -0.1) is 11.3 Å². The van der Waals surface area contributed by atoms with Crippen LogP contribution in [0.4, 0.5) is 0 Å². The van der Waals surface area contributed by atoms with Crippen LogP contribution in [0.1, 0.15) is 17.4 Å². The molecule has 1 N–H and O–H groups in total. The van der Waals surface area contributed by atoms with E-state index in [2.05, 4.69) is 5.32 Å². The minimum atomic E-state index is -0.119. The summed E-state index contributed by atoms with van der Waals surface area (Å²) in [5, 5.41) is 4.63. The summed E-state index contributed by atoms with van der Waals surface area (Å²) >= 11 is 1.54. The zero-order chi connectivity index (χ0) is 15.8. The van der Waals surface area contributed by atoms with Crippen molar-refractivity contribution in [1.82, 2.24) is 10.2 Å². The van der Waals surface area contributed by atoms with Gasteiger partial charge in [0.2, 0.25) is 11.8 Å². The first-order valence-electron chi connectivity index (χ1n) is 7.30. The van der Waals surface area contributed by atoms with E-state index in [0.717, 1.165) is 10.4 Å². The van der Waals surface area contributed by atoms with Crippen LogP contribution in [0.15, 0.2) is 47.8 Å². The summed E-state index contributed by atoms with van der Waals surface area (Å²) in [4.78, 5) is 26.7. The standard InChI is InChI=1S/C17H20N2O2S/c1-2-19(13-14-7-4-3-5-8-14)17(21)12-18-16(20)11-15-9-6-10-22-15/h3-10H,2,11-13H2,1H3,(H,18,20). The van der Waals surface area contributed by atoms with Crippen LogP contribution < -0.4 is 5.32 Å². The van der Waals surface area contributed by atoms with Crippen molar-refractivity contribution in [2.45, 2.75) is 19.9 Å². The summed E-state index contributed by atoms with van der Waals surface area (Å²) in [5.41, 5.74) is 1.09. The molecule has 22 heavy (non-hydrogen) atoms. The number of likely N-dealkylation sites (N-methyl/N-ethyl adjacent to an activating group) is 1. The van der Waals surface area contributed by atoms with Crippen LogP contribution in [0.5, 0.6) is 0 Å². The van der Waals surface area contributed by atoms with E-state index >= 15 is 0 Å². The number of thiophene rings is 1. The van der Waals surface area contributed by atoms with Crippen molar-refractivity contribution >= 4 is 23.2 Å². The van der Waals surface area contributed by atoms with E-state index < -0.39 is 0 Å². The normalized spacial score (nSPS) is 10.2. The summed E-state index contributed by atoms with van der Waals surface area (Å²) in [6.07, 6.45) is 0.329. The number of rotatable bonds is 7. The van der Waals surface area contributed by atoms with Gasteiger partial charge in [0.05, 0.1) is 13.0 Å². The van der Waals surface area contributed by atoms with Gasteiger partial charge < -0.3 is 10.2 Å². The van der Waals surface area contributed by atoms with E-state index in [-0.39, 0.29) is 18.4 Å². The first kappa shape index (κ1) is 16.2. The molecule has 0 saturated heterocycles. The van der Waals surface area contributed by atoms with Crippen LogP contribution in [-0.4, -0.2) is 29.8 Å². The van der Waals surface area contributed by atoms with Crippen LogP contribution in [0.3, 0.4) is 0 Å². The third-order valence-electron chi connectivity index (χ3n) is 3.30. The van der Waals surface area contributed by atoms with Crippen molar-refractivity contribution in [3.8, 4) is 0 Å². The van der Waals surface area contributed by atoms with Gasteiger partial charge in [-0.3, -0.25) is 9.59 Å². The van der Waals surface area contributed by atoms with Gasteiger partial charge in [0, 0.05) is 18.0 Å². The molecule has 116 valence electrons. The number of amides is 2. The Morgan fingerprint density at radius 1 is 1.14 bits per heavy atom. The molecule has 0 saturated carbocycles. The maximum Gasteiger partial charge on any atom is 0.242 e. The Morgan fingerprint density at radius 2 is 1.91 bits per heavy atom. The zero-order valence-corrected chi connectivity index (χ0v) is 13.4. The average Bonchev–Trinajstić information content (AvgIpc) is 3.04. The van der Waals surface area contributed by atoms with Crippen LogP contribution in [0, 0.1) is 0 Å².